The van der Waals surface area contributed by atoms with Crippen LogP contribution in [0.4, 0.5) is 0 Å². The van der Waals surface area contributed by atoms with E-state index in [9.17, 15) is 4.79 Å². The minimum absolute atomic E-state index is 0.0682. The van der Waals surface area contributed by atoms with Crippen LogP contribution < -0.4 is 4.74 Å². The van der Waals surface area contributed by atoms with E-state index >= 15 is 0 Å². The molecule has 0 saturated heterocycles. The van der Waals surface area contributed by atoms with E-state index in [1.54, 1.807) is 4.68 Å². The summed E-state index contributed by atoms with van der Waals surface area (Å²) in [6, 6.07) is 22.2. The first kappa shape index (κ1) is 21.6. The molecule has 6 nitrogen and oxygen atoms in total. The fraction of sp³-hybridized carbons (Fsp3) is 0.269. The zero-order valence-electron chi connectivity index (χ0n) is 18.8. The Balaban J connectivity index is 1.50. The lowest BCUT2D eigenvalue weighted by Crippen LogP contribution is -2.36. The maximum atomic E-state index is 13.2. The van der Waals surface area contributed by atoms with E-state index < -0.39 is 0 Å². The van der Waals surface area contributed by atoms with Gasteiger partial charge in [-0.05, 0) is 43.0 Å². The van der Waals surface area contributed by atoms with Gasteiger partial charge in [-0.15, -0.1) is 5.10 Å². The molecule has 2 aromatic carbocycles. The highest BCUT2D eigenvalue weighted by molar-refractivity contribution is 5.85. The van der Waals surface area contributed by atoms with E-state index in [-0.39, 0.29) is 12.5 Å². The largest absolute Gasteiger partial charge is 0.466 e. The highest BCUT2D eigenvalue weighted by atomic mass is 16.5. The van der Waals surface area contributed by atoms with Crippen molar-refractivity contribution in [2.75, 3.05) is 13.2 Å². The monoisotopic (exact) mass is 428 g/mol. The molecule has 4 rings (SSSR count). The average molecular weight is 429 g/mol. The standard InChI is InChI=1S/C26H28N4O2/c1-19-16-20(2)27-25-24(19)26(28-29(25)3)32-18-23(31)30(17-22-12-8-5-9-13-22)15-14-21-10-6-4-7-11-21/h4-13,16H,14-15,17-18H2,1-3H3. The molecule has 1 amide bonds. The first-order valence-corrected chi connectivity index (χ1v) is 10.8. The van der Waals surface area contributed by atoms with Gasteiger partial charge in [-0.25, -0.2) is 9.67 Å². The van der Waals surface area contributed by atoms with Crippen molar-refractivity contribution in [3.05, 3.63) is 89.1 Å². The van der Waals surface area contributed by atoms with Crippen LogP contribution in [0.25, 0.3) is 11.0 Å². The molecule has 0 bridgehead atoms. The number of hydrogen-bond donors (Lipinski definition) is 0. The van der Waals surface area contributed by atoms with Crippen LogP contribution in [-0.4, -0.2) is 38.7 Å². The lowest BCUT2D eigenvalue weighted by molar-refractivity contribution is -0.134. The van der Waals surface area contributed by atoms with Crippen molar-refractivity contribution >= 4 is 16.9 Å². The highest BCUT2D eigenvalue weighted by Gasteiger charge is 2.19. The van der Waals surface area contributed by atoms with Crippen LogP contribution in [0, 0.1) is 13.8 Å². The van der Waals surface area contributed by atoms with E-state index in [2.05, 4.69) is 22.2 Å². The Kier molecular flexibility index (Phi) is 6.50. The Labute approximate surface area is 188 Å². The predicted molar refractivity (Wildman–Crippen MR) is 125 cm³/mol. The SMILES string of the molecule is Cc1cc(C)c2c(OCC(=O)N(CCc3ccccc3)Cc3ccccc3)nn(C)c2n1. The third-order valence-corrected chi connectivity index (χ3v) is 5.50. The third kappa shape index (κ3) is 4.97. The summed E-state index contributed by atoms with van der Waals surface area (Å²) in [4.78, 5) is 19.6. The molecule has 0 aliphatic heterocycles. The second-order valence-electron chi connectivity index (χ2n) is 8.03. The van der Waals surface area contributed by atoms with Gasteiger partial charge >= 0.3 is 0 Å². The molecule has 164 valence electrons. The lowest BCUT2D eigenvalue weighted by Gasteiger charge is -2.23. The van der Waals surface area contributed by atoms with Gasteiger partial charge < -0.3 is 9.64 Å². The Bertz CT molecular complexity index is 1200. The third-order valence-electron chi connectivity index (χ3n) is 5.50. The maximum Gasteiger partial charge on any atom is 0.260 e. The smallest absolute Gasteiger partial charge is 0.260 e. The van der Waals surface area contributed by atoms with Crippen molar-refractivity contribution in [2.45, 2.75) is 26.8 Å². The summed E-state index contributed by atoms with van der Waals surface area (Å²) in [5.41, 5.74) is 5.01. The number of fused-ring (bicyclic) bond motifs is 1. The van der Waals surface area contributed by atoms with E-state index in [1.165, 1.54) is 5.56 Å². The van der Waals surface area contributed by atoms with E-state index in [1.807, 2.05) is 80.4 Å². The summed E-state index contributed by atoms with van der Waals surface area (Å²) in [5, 5.41) is 5.31. The van der Waals surface area contributed by atoms with Crippen molar-refractivity contribution in [3.8, 4) is 5.88 Å². The molecule has 0 N–H and O–H groups in total. The normalized spacial score (nSPS) is 11.0. The molecule has 0 spiro atoms. The Hall–Kier alpha value is -3.67. The summed E-state index contributed by atoms with van der Waals surface area (Å²) >= 11 is 0. The summed E-state index contributed by atoms with van der Waals surface area (Å²) in [6.45, 7) is 5.05. The highest BCUT2D eigenvalue weighted by Crippen LogP contribution is 2.27. The minimum atomic E-state index is -0.0684. The summed E-state index contributed by atoms with van der Waals surface area (Å²) < 4.78 is 7.63. The Morgan fingerprint density at radius 2 is 1.66 bits per heavy atom. The van der Waals surface area contributed by atoms with Crippen LogP contribution in [0.3, 0.4) is 0 Å². The van der Waals surface area contributed by atoms with Crippen molar-refractivity contribution < 1.29 is 9.53 Å². The molecule has 2 heterocycles. The number of hydrogen-bond acceptors (Lipinski definition) is 4. The van der Waals surface area contributed by atoms with Gasteiger partial charge in [0.2, 0.25) is 5.88 Å². The van der Waals surface area contributed by atoms with Crippen LogP contribution in [0.1, 0.15) is 22.4 Å². The lowest BCUT2D eigenvalue weighted by atomic mass is 10.1. The van der Waals surface area contributed by atoms with Crippen LogP contribution in [0.2, 0.25) is 0 Å². The molecule has 0 radical (unpaired) electrons. The molecule has 2 aromatic heterocycles. The summed E-state index contributed by atoms with van der Waals surface area (Å²) in [5.74, 6) is 0.380. The maximum absolute atomic E-state index is 13.2. The molecule has 0 aliphatic carbocycles. The van der Waals surface area contributed by atoms with Gasteiger partial charge in [0.1, 0.15) is 0 Å². The Morgan fingerprint density at radius 1 is 1.00 bits per heavy atom. The number of aryl methyl sites for hydroxylation is 3. The number of pyridine rings is 1. The molecule has 0 aliphatic rings. The minimum Gasteiger partial charge on any atom is -0.466 e. The number of benzene rings is 2. The molecular formula is C26H28N4O2. The van der Waals surface area contributed by atoms with Crippen LogP contribution in [0.5, 0.6) is 5.88 Å². The summed E-state index contributed by atoms with van der Waals surface area (Å²) in [7, 11) is 1.84. The van der Waals surface area contributed by atoms with Gasteiger partial charge in [-0.3, -0.25) is 4.79 Å². The fourth-order valence-electron chi connectivity index (χ4n) is 3.88. The summed E-state index contributed by atoms with van der Waals surface area (Å²) in [6.07, 6.45) is 0.786. The van der Waals surface area contributed by atoms with Crippen LogP contribution >= 0.6 is 0 Å². The van der Waals surface area contributed by atoms with Crippen molar-refractivity contribution in [2.24, 2.45) is 7.05 Å². The topological polar surface area (TPSA) is 60.2 Å². The molecule has 0 saturated carbocycles. The number of carbonyl (C=O) groups is 1. The van der Waals surface area contributed by atoms with Crippen LogP contribution in [-0.2, 0) is 24.8 Å². The average Bonchev–Trinajstić information content (AvgIpc) is 3.12. The van der Waals surface area contributed by atoms with E-state index in [0.29, 0.717) is 19.0 Å². The van der Waals surface area contributed by atoms with Gasteiger partial charge in [0.15, 0.2) is 12.3 Å². The number of nitrogens with zero attached hydrogens (tertiary/aromatic N) is 4. The molecular weight excluding hydrogens is 400 g/mol. The second-order valence-corrected chi connectivity index (χ2v) is 8.03. The first-order chi connectivity index (χ1) is 15.5. The predicted octanol–water partition coefficient (Wildman–Crippen LogP) is 4.24. The Morgan fingerprint density at radius 3 is 2.34 bits per heavy atom. The zero-order valence-corrected chi connectivity index (χ0v) is 18.8. The number of ether oxygens (including phenoxy) is 1. The molecule has 4 aromatic rings. The van der Waals surface area contributed by atoms with Crippen molar-refractivity contribution in [1.29, 1.82) is 0 Å². The van der Waals surface area contributed by atoms with Gasteiger partial charge in [0.05, 0.1) is 5.39 Å². The first-order valence-electron chi connectivity index (χ1n) is 10.8. The number of aromatic nitrogens is 3. The number of carbonyl (C=O) groups excluding carboxylic acids is 1. The zero-order chi connectivity index (χ0) is 22.5. The van der Waals surface area contributed by atoms with Crippen molar-refractivity contribution in [1.82, 2.24) is 19.7 Å². The van der Waals surface area contributed by atoms with Crippen LogP contribution in [0.15, 0.2) is 66.7 Å². The van der Waals surface area contributed by atoms with E-state index in [0.717, 1.165) is 34.3 Å². The molecule has 0 atom stereocenters. The molecule has 0 fully saturated rings. The van der Waals surface area contributed by atoms with Gasteiger partial charge in [0.25, 0.3) is 5.91 Å². The number of rotatable bonds is 8. The quantitative estimate of drug-likeness (QED) is 0.421. The van der Waals surface area contributed by atoms with Gasteiger partial charge in [-0.2, -0.15) is 0 Å². The van der Waals surface area contributed by atoms with E-state index in [4.69, 9.17) is 4.74 Å². The molecule has 32 heavy (non-hydrogen) atoms. The molecule has 6 heteroatoms. The number of amides is 1. The fourth-order valence-corrected chi connectivity index (χ4v) is 3.88. The van der Waals surface area contributed by atoms with Gasteiger partial charge in [-0.1, -0.05) is 60.7 Å². The second kappa shape index (κ2) is 9.64. The molecule has 0 unspecified atom stereocenters. The van der Waals surface area contributed by atoms with Crippen molar-refractivity contribution in [3.63, 3.8) is 0 Å². The van der Waals surface area contributed by atoms with Gasteiger partial charge in [0, 0.05) is 25.8 Å².